The van der Waals surface area contributed by atoms with Crippen LogP contribution in [0, 0.1) is 5.92 Å². The molecule has 0 saturated heterocycles. The number of hydrogen-bond acceptors (Lipinski definition) is 4. The zero-order chi connectivity index (χ0) is 24.1. The highest BCUT2D eigenvalue weighted by Gasteiger charge is 2.24. The van der Waals surface area contributed by atoms with Crippen molar-refractivity contribution in [3.05, 3.63) is 65.7 Å². The van der Waals surface area contributed by atoms with Crippen LogP contribution in [-0.2, 0) is 16.1 Å². The van der Waals surface area contributed by atoms with Crippen molar-refractivity contribution < 1.29 is 19.1 Å². The summed E-state index contributed by atoms with van der Waals surface area (Å²) in [7, 11) is 0. The minimum absolute atomic E-state index is 0.135. The molecule has 0 aliphatic heterocycles. The molecule has 2 aromatic rings. The van der Waals surface area contributed by atoms with Crippen molar-refractivity contribution in [3.8, 4) is 0 Å². The van der Waals surface area contributed by atoms with Crippen molar-refractivity contribution >= 4 is 23.5 Å². The summed E-state index contributed by atoms with van der Waals surface area (Å²) in [5.74, 6) is -0.708. The maximum absolute atomic E-state index is 12.8. The minimum Gasteiger partial charge on any atom is -0.382 e. The molecule has 2 rings (SSSR count). The largest absolute Gasteiger partial charge is 0.382 e. The molecule has 2 aromatic carbocycles. The third-order valence-corrected chi connectivity index (χ3v) is 4.88. The Labute approximate surface area is 195 Å². The predicted molar refractivity (Wildman–Crippen MR) is 129 cm³/mol. The van der Waals surface area contributed by atoms with Crippen molar-refractivity contribution in [2.24, 2.45) is 5.92 Å². The summed E-state index contributed by atoms with van der Waals surface area (Å²) >= 11 is 0. The van der Waals surface area contributed by atoms with Gasteiger partial charge in [-0.3, -0.25) is 9.59 Å². The molecule has 0 fully saturated rings. The van der Waals surface area contributed by atoms with Crippen LogP contribution in [-0.4, -0.2) is 43.6 Å². The van der Waals surface area contributed by atoms with Crippen molar-refractivity contribution in [2.45, 2.75) is 39.8 Å². The highest BCUT2D eigenvalue weighted by molar-refractivity contribution is 5.99. The van der Waals surface area contributed by atoms with E-state index in [2.05, 4.69) is 21.3 Å². The number of urea groups is 1. The van der Waals surface area contributed by atoms with Crippen LogP contribution in [0.4, 0.5) is 10.5 Å². The molecule has 4 N–H and O–H groups in total. The molecule has 0 aliphatic carbocycles. The van der Waals surface area contributed by atoms with E-state index in [1.165, 1.54) is 0 Å². The molecule has 178 valence electrons. The lowest BCUT2D eigenvalue weighted by molar-refractivity contribution is -0.118. The Balaban J connectivity index is 1.90. The van der Waals surface area contributed by atoms with Gasteiger partial charge in [0.1, 0.15) is 6.04 Å². The second-order valence-electron chi connectivity index (χ2n) is 7.91. The van der Waals surface area contributed by atoms with E-state index < -0.39 is 12.1 Å². The maximum atomic E-state index is 12.8. The van der Waals surface area contributed by atoms with Crippen LogP contribution in [0.1, 0.15) is 43.1 Å². The topological polar surface area (TPSA) is 109 Å². The highest BCUT2D eigenvalue weighted by atomic mass is 16.5. The molecule has 1 atom stereocenters. The third-order valence-electron chi connectivity index (χ3n) is 4.88. The summed E-state index contributed by atoms with van der Waals surface area (Å²) in [5, 5.41) is 11.1. The van der Waals surface area contributed by atoms with Gasteiger partial charge in [0.05, 0.1) is 0 Å². The number of nitrogens with one attached hydrogen (secondary N) is 4. The Morgan fingerprint density at radius 1 is 0.970 bits per heavy atom. The first-order valence-electron chi connectivity index (χ1n) is 11.3. The van der Waals surface area contributed by atoms with E-state index in [1.807, 2.05) is 51.1 Å². The standard InChI is InChI=1S/C25H34N4O4/c1-4-33-15-9-14-26-23(30)20-12-8-13-21(16-20)28-24(31)22(18(2)3)29-25(32)27-17-19-10-6-5-7-11-19/h5-8,10-13,16,18,22H,4,9,14-15,17H2,1-3H3,(H,26,30)(H,28,31)(H2,27,29,32). The van der Waals surface area contributed by atoms with Crippen molar-refractivity contribution in [3.63, 3.8) is 0 Å². The van der Waals surface area contributed by atoms with Gasteiger partial charge in [-0.05, 0) is 43.0 Å². The summed E-state index contributed by atoms with van der Waals surface area (Å²) in [6.07, 6.45) is 0.726. The van der Waals surface area contributed by atoms with Gasteiger partial charge in [-0.15, -0.1) is 0 Å². The molecule has 0 radical (unpaired) electrons. The van der Waals surface area contributed by atoms with Gasteiger partial charge in [-0.2, -0.15) is 0 Å². The average Bonchev–Trinajstić information content (AvgIpc) is 2.81. The molecule has 0 aromatic heterocycles. The predicted octanol–water partition coefficient (Wildman–Crippen LogP) is 3.31. The SMILES string of the molecule is CCOCCCNC(=O)c1cccc(NC(=O)C(NC(=O)NCc2ccccc2)C(C)C)c1. The normalized spacial score (nSPS) is 11.5. The molecule has 0 bridgehead atoms. The second-order valence-corrected chi connectivity index (χ2v) is 7.91. The van der Waals surface area contributed by atoms with Gasteiger partial charge in [0.15, 0.2) is 0 Å². The van der Waals surface area contributed by atoms with E-state index in [9.17, 15) is 14.4 Å². The Kier molecular flexibility index (Phi) is 10.9. The second kappa shape index (κ2) is 13.9. The van der Waals surface area contributed by atoms with Crippen LogP contribution in [0.25, 0.3) is 0 Å². The lowest BCUT2D eigenvalue weighted by atomic mass is 10.0. The van der Waals surface area contributed by atoms with Crippen LogP contribution in [0.2, 0.25) is 0 Å². The molecule has 0 spiro atoms. The van der Waals surface area contributed by atoms with Crippen LogP contribution >= 0.6 is 0 Å². The maximum Gasteiger partial charge on any atom is 0.315 e. The number of hydrogen-bond donors (Lipinski definition) is 4. The Hall–Kier alpha value is -3.39. The van der Waals surface area contributed by atoms with Crippen LogP contribution < -0.4 is 21.3 Å². The van der Waals surface area contributed by atoms with Gasteiger partial charge >= 0.3 is 6.03 Å². The molecular weight excluding hydrogens is 420 g/mol. The Bertz CT molecular complexity index is 902. The zero-order valence-electron chi connectivity index (χ0n) is 19.5. The lowest BCUT2D eigenvalue weighted by Crippen LogP contribution is -2.50. The molecule has 4 amide bonds. The van der Waals surface area contributed by atoms with E-state index in [0.717, 1.165) is 12.0 Å². The fraction of sp³-hybridized carbons (Fsp3) is 0.400. The van der Waals surface area contributed by atoms with Crippen molar-refractivity contribution in [2.75, 3.05) is 25.1 Å². The van der Waals surface area contributed by atoms with Crippen molar-refractivity contribution in [1.29, 1.82) is 0 Å². The molecular formula is C25H34N4O4. The number of anilines is 1. The lowest BCUT2D eigenvalue weighted by Gasteiger charge is -2.22. The molecule has 33 heavy (non-hydrogen) atoms. The third kappa shape index (κ3) is 9.33. The zero-order valence-corrected chi connectivity index (χ0v) is 19.5. The van der Waals surface area contributed by atoms with E-state index in [0.29, 0.717) is 37.6 Å². The molecule has 0 heterocycles. The van der Waals surface area contributed by atoms with Crippen molar-refractivity contribution in [1.82, 2.24) is 16.0 Å². The fourth-order valence-corrected chi connectivity index (χ4v) is 3.09. The van der Waals surface area contributed by atoms with Crippen LogP contribution in [0.15, 0.2) is 54.6 Å². The fourth-order valence-electron chi connectivity index (χ4n) is 3.09. The summed E-state index contributed by atoms with van der Waals surface area (Å²) in [4.78, 5) is 37.5. The number of carbonyl (C=O) groups is 3. The summed E-state index contributed by atoms with van der Waals surface area (Å²) in [6, 6.07) is 15.1. The number of ether oxygens (including phenoxy) is 1. The van der Waals surface area contributed by atoms with Crippen LogP contribution in [0.3, 0.4) is 0 Å². The molecule has 8 heteroatoms. The number of rotatable bonds is 12. The molecule has 1 unspecified atom stereocenters. The smallest absolute Gasteiger partial charge is 0.315 e. The molecule has 8 nitrogen and oxygen atoms in total. The van der Waals surface area contributed by atoms with E-state index >= 15 is 0 Å². The number of carbonyl (C=O) groups excluding carboxylic acids is 3. The first kappa shape index (κ1) is 25.9. The number of amides is 4. The monoisotopic (exact) mass is 454 g/mol. The Morgan fingerprint density at radius 2 is 1.73 bits per heavy atom. The van der Waals surface area contributed by atoms with Gasteiger partial charge < -0.3 is 26.0 Å². The summed E-state index contributed by atoms with van der Waals surface area (Å²) in [6.45, 7) is 7.75. The highest BCUT2D eigenvalue weighted by Crippen LogP contribution is 2.13. The average molecular weight is 455 g/mol. The summed E-state index contributed by atoms with van der Waals surface area (Å²) in [5.41, 5.74) is 1.89. The first-order valence-corrected chi connectivity index (χ1v) is 11.3. The van der Waals surface area contributed by atoms with E-state index in [-0.39, 0.29) is 17.7 Å². The van der Waals surface area contributed by atoms with Gasteiger partial charge in [-0.25, -0.2) is 4.79 Å². The summed E-state index contributed by atoms with van der Waals surface area (Å²) < 4.78 is 5.26. The van der Waals surface area contributed by atoms with Gasteiger partial charge in [-0.1, -0.05) is 50.2 Å². The molecule has 0 aliphatic rings. The van der Waals surface area contributed by atoms with Gasteiger partial charge in [0.25, 0.3) is 5.91 Å². The van der Waals surface area contributed by atoms with Gasteiger partial charge in [0.2, 0.25) is 5.91 Å². The number of benzene rings is 2. The van der Waals surface area contributed by atoms with E-state index in [1.54, 1.807) is 24.3 Å². The molecule has 0 saturated carbocycles. The Morgan fingerprint density at radius 3 is 2.42 bits per heavy atom. The van der Waals surface area contributed by atoms with E-state index in [4.69, 9.17) is 4.74 Å². The van der Waals surface area contributed by atoms with Crippen LogP contribution in [0.5, 0.6) is 0 Å². The minimum atomic E-state index is -0.739. The van der Waals surface area contributed by atoms with Gasteiger partial charge in [0, 0.05) is 37.6 Å². The first-order chi connectivity index (χ1) is 15.9. The quantitative estimate of drug-likeness (QED) is 0.369.